The van der Waals surface area contributed by atoms with Crippen molar-refractivity contribution in [2.24, 2.45) is 0 Å². The lowest BCUT2D eigenvalue weighted by Gasteiger charge is -2.26. The quantitative estimate of drug-likeness (QED) is 0.185. The Kier molecular flexibility index (Phi) is 9.25. The Morgan fingerprint density at radius 2 is 1.20 bits per heavy atom. The highest BCUT2D eigenvalue weighted by Gasteiger charge is 2.27. The van der Waals surface area contributed by atoms with E-state index in [0.717, 1.165) is 66.9 Å². The van der Waals surface area contributed by atoms with Crippen LogP contribution in [0.15, 0.2) is 146 Å². The van der Waals surface area contributed by atoms with Gasteiger partial charge in [-0.2, -0.15) is 0 Å². The zero-order chi connectivity index (χ0) is 39.4. The number of pyridine rings is 1. The number of phenols is 1. The van der Waals surface area contributed by atoms with E-state index in [1.807, 2.05) is 25.3 Å². The van der Waals surface area contributed by atoms with Crippen molar-refractivity contribution < 1.29 is 5.11 Å². The Balaban J connectivity index is 1.40. The van der Waals surface area contributed by atoms with Crippen LogP contribution in [0.2, 0.25) is 0 Å². The highest BCUT2D eigenvalue weighted by Crippen LogP contribution is 2.43. The van der Waals surface area contributed by atoms with Crippen LogP contribution in [0.4, 0.5) is 0 Å². The van der Waals surface area contributed by atoms with Gasteiger partial charge in [-0.1, -0.05) is 133 Å². The molecule has 0 saturated carbocycles. The van der Waals surface area contributed by atoms with Gasteiger partial charge >= 0.3 is 0 Å². The van der Waals surface area contributed by atoms with Crippen molar-refractivity contribution in [3.05, 3.63) is 168 Å². The van der Waals surface area contributed by atoms with Crippen LogP contribution in [-0.4, -0.2) is 19.6 Å². The van der Waals surface area contributed by atoms with Gasteiger partial charge in [0, 0.05) is 17.3 Å². The van der Waals surface area contributed by atoms with Crippen molar-refractivity contribution in [1.82, 2.24) is 14.5 Å². The average Bonchev–Trinajstić information content (AvgIpc) is 3.58. The molecule has 0 radical (unpaired) electrons. The van der Waals surface area contributed by atoms with Gasteiger partial charge in [0.2, 0.25) is 0 Å². The molecule has 0 fully saturated rings. The van der Waals surface area contributed by atoms with E-state index >= 15 is 0 Å². The summed E-state index contributed by atoms with van der Waals surface area (Å²) in [6.45, 7) is 17.6. The third-order valence-electron chi connectivity index (χ3n) is 10.8. The molecule has 2 heterocycles. The van der Waals surface area contributed by atoms with Crippen molar-refractivity contribution in [2.75, 3.05) is 0 Å². The maximum absolute atomic E-state index is 11.7. The predicted molar refractivity (Wildman–Crippen MR) is 235 cm³/mol. The minimum Gasteiger partial charge on any atom is -0.507 e. The number of aromatic hydroxyl groups is 1. The number of aromatic nitrogens is 3. The Labute approximate surface area is 331 Å². The third kappa shape index (κ3) is 6.92. The SMILES string of the molecule is Cc1cc(C)c(O)c(-c2nc3c(-c4cc(-c5cc(-c6ccccc6)ccn5)cc(C(C)(C)C)c4)cccc3n2-c2ccc(-c3ccccc3)cc2C(C)(C)C)c1. The number of hydrogen-bond donors (Lipinski definition) is 1. The first-order valence-electron chi connectivity index (χ1n) is 19.5. The monoisotopic (exact) mass is 731 g/mol. The fraction of sp³-hybridized carbons (Fsp3) is 0.192. The molecule has 0 aliphatic carbocycles. The largest absolute Gasteiger partial charge is 0.507 e. The number of imidazole rings is 1. The first-order chi connectivity index (χ1) is 26.8. The average molecular weight is 732 g/mol. The van der Waals surface area contributed by atoms with E-state index in [2.05, 4.69) is 180 Å². The molecule has 2 aromatic heterocycles. The molecule has 56 heavy (non-hydrogen) atoms. The number of hydrogen-bond acceptors (Lipinski definition) is 3. The molecule has 0 aliphatic rings. The summed E-state index contributed by atoms with van der Waals surface area (Å²) in [5, 5.41) is 11.7. The Bertz CT molecular complexity index is 2730. The van der Waals surface area contributed by atoms with Gasteiger partial charge in [-0.15, -0.1) is 0 Å². The summed E-state index contributed by atoms with van der Waals surface area (Å²) >= 11 is 0. The zero-order valence-corrected chi connectivity index (χ0v) is 33.6. The minimum absolute atomic E-state index is 0.118. The van der Waals surface area contributed by atoms with E-state index < -0.39 is 0 Å². The Hall–Kier alpha value is -6.26. The van der Waals surface area contributed by atoms with Crippen molar-refractivity contribution in [2.45, 2.75) is 66.2 Å². The van der Waals surface area contributed by atoms with Crippen LogP contribution in [0.1, 0.15) is 63.8 Å². The van der Waals surface area contributed by atoms with Gasteiger partial charge in [-0.05, 0) is 123 Å². The van der Waals surface area contributed by atoms with Crippen molar-refractivity contribution in [1.29, 1.82) is 0 Å². The lowest BCUT2D eigenvalue weighted by atomic mass is 9.83. The van der Waals surface area contributed by atoms with Crippen LogP contribution in [-0.2, 0) is 10.8 Å². The van der Waals surface area contributed by atoms with Crippen LogP contribution in [0.3, 0.4) is 0 Å². The fourth-order valence-corrected chi connectivity index (χ4v) is 7.79. The van der Waals surface area contributed by atoms with E-state index in [4.69, 9.17) is 9.97 Å². The molecular weight excluding hydrogens is 683 g/mol. The number of phenolic OH excluding ortho intramolecular Hbond substituents is 1. The van der Waals surface area contributed by atoms with Crippen LogP contribution >= 0.6 is 0 Å². The number of rotatable bonds is 6. The van der Waals surface area contributed by atoms with Crippen LogP contribution in [0.5, 0.6) is 5.75 Å². The molecule has 4 nitrogen and oxygen atoms in total. The van der Waals surface area contributed by atoms with Crippen LogP contribution < -0.4 is 0 Å². The van der Waals surface area contributed by atoms with Gasteiger partial charge in [0.25, 0.3) is 0 Å². The molecule has 4 heteroatoms. The first-order valence-corrected chi connectivity index (χ1v) is 19.5. The second-order valence-electron chi connectivity index (χ2n) is 17.1. The fourth-order valence-electron chi connectivity index (χ4n) is 7.79. The molecular formula is C52H49N3O. The lowest BCUT2D eigenvalue weighted by Crippen LogP contribution is -2.16. The molecule has 6 aromatic carbocycles. The normalized spacial score (nSPS) is 12.0. The molecule has 0 atom stereocenters. The molecule has 278 valence electrons. The number of fused-ring (bicyclic) bond motifs is 1. The van der Waals surface area contributed by atoms with E-state index in [9.17, 15) is 5.11 Å². The number of benzene rings is 6. The highest BCUT2D eigenvalue weighted by atomic mass is 16.3. The zero-order valence-electron chi connectivity index (χ0n) is 33.6. The van der Waals surface area contributed by atoms with Gasteiger partial charge in [0.1, 0.15) is 11.6 Å². The lowest BCUT2D eigenvalue weighted by molar-refractivity contribution is 0.472. The minimum atomic E-state index is -0.201. The Morgan fingerprint density at radius 3 is 1.86 bits per heavy atom. The second-order valence-corrected chi connectivity index (χ2v) is 17.1. The van der Waals surface area contributed by atoms with E-state index in [-0.39, 0.29) is 16.6 Å². The molecule has 0 bridgehead atoms. The summed E-state index contributed by atoms with van der Waals surface area (Å²) in [6, 6.07) is 49.4. The molecule has 0 amide bonds. The maximum Gasteiger partial charge on any atom is 0.149 e. The summed E-state index contributed by atoms with van der Waals surface area (Å²) < 4.78 is 2.27. The predicted octanol–water partition coefficient (Wildman–Crippen LogP) is 13.7. The van der Waals surface area contributed by atoms with Crippen LogP contribution in [0, 0.1) is 13.8 Å². The molecule has 0 saturated heterocycles. The summed E-state index contributed by atoms with van der Waals surface area (Å²) in [6.07, 6.45) is 1.90. The molecule has 8 aromatic rings. The van der Waals surface area contributed by atoms with Crippen molar-refractivity contribution >= 4 is 11.0 Å². The van der Waals surface area contributed by atoms with Gasteiger partial charge in [0.15, 0.2) is 0 Å². The molecule has 8 rings (SSSR count). The van der Waals surface area contributed by atoms with Gasteiger partial charge < -0.3 is 5.11 Å². The molecule has 0 spiro atoms. The standard InChI is InChI=1S/C52H49N3O/c1-33-26-34(2)49(56)43(27-33)50-54-48-42(20-15-21-47(48)55(50)46-23-22-37(31-44(46)52(6,7)8)35-16-11-9-12-17-35)39-28-40(30-41(29-39)51(3,4)5)45-32-38(24-25-53-45)36-18-13-10-14-19-36/h9-32,56H,1-8H3. The summed E-state index contributed by atoms with van der Waals surface area (Å²) in [5.41, 5.74) is 16.3. The summed E-state index contributed by atoms with van der Waals surface area (Å²) in [7, 11) is 0. The van der Waals surface area contributed by atoms with Gasteiger partial charge in [0.05, 0.1) is 28.0 Å². The third-order valence-corrected chi connectivity index (χ3v) is 10.8. The van der Waals surface area contributed by atoms with E-state index in [1.54, 1.807) is 0 Å². The van der Waals surface area contributed by atoms with E-state index in [1.165, 1.54) is 16.7 Å². The molecule has 0 aliphatic heterocycles. The summed E-state index contributed by atoms with van der Waals surface area (Å²) in [5.74, 6) is 0.951. The first kappa shape index (κ1) is 36.7. The number of para-hydroxylation sites is 1. The van der Waals surface area contributed by atoms with Crippen molar-refractivity contribution in [3.8, 4) is 67.5 Å². The number of aryl methyl sites for hydroxylation is 2. The molecule has 1 N–H and O–H groups in total. The molecule has 0 unspecified atom stereocenters. The van der Waals surface area contributed by atoms with Gasteiger partial charge in [-0.25, -0.2) is 4.98 Å². The van der Waals surface area contributed by atoms with Gasteiger partial charge in [-0.3, -0.25) is 9.55 Å². The van der Waals surface area contributed by atoms with E-state index in [0.29, 0.717) is 11.4 Å². The number of nitrogens with zero attached hydrogens (tertiary/aromatic N) is 3. The van der Waals surface area contributed by atoms with Crippen LogP contribution in [0.25, 0.3) is 72.7 Å². The Morgan fingerprint density at radius 1 is 0.536 bits per heavy atom. The second kappa shape index (κ2) is 14.1. The smallest absolute Gasteiger partial charge is 0.149 e. The maximum atomic E-state index is 11.7. The summed E-state index contributed by atoms with van der Waals surface area (Å²) in [4.78, 5) is 10.4. The highest BCUT2D eigenvalue weighted by molar-refractivity contribution is 5.97. The van der Waals surface area contributed by atoms with Crippen molar-refractivity contribution in [3.63, 3.8) is 0 Å². The topological polar surface area (TPSA) is 50.9 Å².